The lowest BCUT2D eigenvalue weighted by molar-refractivity contribution is -0.129. The van der Waals surface area contributed by atoms with Crippen molar-refractivity contribution in [2.75, 3.05) is 26.2 Å². The van der Waals surface area contributed by atoms with Gasteiger partial charge in [0, 0.05) is 19.1 Å². The minimum absolute atomic E-state index is 0.270. The fourth-order valence-corrected chi connectivity index (χ4v) is 2.47. The lowest BCUT2D eigenvalue weighted by atomic mass is 9.94. The molecule has 2 N–H and O–H groups in total. The molecule has 84 valence electrons. The highest BCUT2D eigenvalue weighted by atomic mass is 16.2. The van der Waals surface area contributed by atoms with Crippen LogP contribution in [0.15, 0.2) is 0 Å². The van der Waals surface area contributed by atoms with Gasteiger partial charge in [0.05, 0.1) is 6.54 Å². The van der Waals surface area contributed by atoms with Crippen LogP contribution in [0.25, 0.3) is 0 Å². The number of carbonyl (C=O) groups is 1. The SMILES string of the molecule is B[C@@H]1CCCN1C(=O)CN[C@@H]1CCNC1. The summed E-state index contributed by atoms with van der Waals surface area (Å²) in [5, 5.41) is 6.61. The Kier molecular flexibility index (Phi) is 3.64. The van der Waals surface area contributed by atoms with Crippen molar-refractivity contribution >= 4 is 13.8 Å². The highest BCUT2D eigenvalue weighted by Gasteiger charge is 2.25. The predicted molar refractivity (Wildman–Crippen MR) is 62.6 cm³/mol. The Labute approximate surface area is 92.2 Å². The maximum atomic E-state index is 11.9. The molecule has 0 unspecified atom stereocenters. The Bertz CT molecular complexity index is 231. The molecular weight excluding hydrogens is 189 g/mol. The first-order valence-corrected chi connectivity index (χ1v) is 6.01. The lowest BCUT2D eigenvalue weighted by Gasteiger charge is -2.22. The molecule has 2 heterocycles. The summed E-state index contributed by atoms with van der Waals surface area (Å²) < 4.78 is 0. The molecule has 0 radical (unpaired) electrons. The van der Waals surface area contributed by atoms with Crippen LogP contribution in [0.2, 0.25) is 0 Å². The molecule has 0 aromatic carbocycles. The first-order chi connectivity index (χ1) is 7.27. The van der Waals surface area contributed by atoms with Gasteiger partial charge in [0.2, 0.25) is 5.91 Å². The van der Waals surface area contributed by atoms with Crippen LogP contribution in [-0.2, 0) is 4.79 Å². The number of likely N-dealkylation sites (tertiary alicyclic amines) is 1. The molecule has 2 rings (SSSR count). The van der Waals surface area contributed by atoms with E-state index in [9.17, 15) is 4.79 Å². The number of nitrogens with zero attached hydrogens (tertiary/aromatic N) is 1. The van der Waals surface area contributed by atoms with E-state index < -0.39 is 0 Å². The molecule has 2 fully saturated rings. The molecule has 0 aromatic rings. The average molecular weight is 209 g/mol. The number of hydrogen-bond acceptors (Lipinski definition) is 3. The number of carbonyl (C=O) groups excluding carboxylic acids is 1. The van der Waals surface area contributed by atoms with Gasteiger partial charge in [0.15, 0.2) is 0 Å². The number of rotatable bonds is 3. The van der Waals surface area contributed by atoms with E-state index in [2.05, 4.69) is 18.5 Å². The van der Waals surface area contributed by atoms with Crippen LogP contribution >= 0.6 is 0 Å². The predicted octanol–water partition coefficient (Wildman–Crippen LogP) is -1.48. The minimum Gasteiger partial charge on any atom is -0.347 e. The zero-order valence-corrected chi connectivity index (χ0v) is 9.46. The van der Waals surface area contributed by atoms with Crippen LogP contribution in [0.3, 0.4) is 0 Å². The maximum Gasteiger partial charge on any atom is 0.236 e. The summed E-state index contributed by atoms with van der Waals surface area (Å²) in [4.78, 5) is 13.9. The highest BCUT2D eigenvalue weighted by molar-refractivity contribution is 6.13. The Morgan fingerprint density at radius 3 is 3.00 bits per heavy atom. The fourth-order valence-electron chi connectivity index (χ4n) is 2.47. The summed E-state index contributed by atoms with van der Waals surface area (Å²) in [6.07, 6.45) is 3.47. The topological polar surface area (TPSA) is 44.4 Å². The molecule has 0 aliphatic carbocycles. The Morgan fingerprint density at radius 1 is 1.53 bits per heavy atom. The summed E-state index contributed by atoms with van der Waals surface area (Å²) >= 11 is 0. The standard InChI is InChI=1S/C10H20BN3O/c11-9-2-1-5-14(9)10(15)7-13-8-3-4-12-6-8/h8-9,12-13H,1-7,11H2/t8-,9+/m1/s1. The molecule has 2 aliphatic heterocycles. The van der Waals surface area contributed by atoms with Crippen LogP contribution < -0.4 is 10.6 Å². The van der Waals surface area contributed by atoms with Crippen molar-refractivity contribution in [3.8, 4) is 0 Å². The Hall–Kier alpha value is -0.545. The van der Waals surface area contributed by atoms with Crippen LogP contribution in [0.4, 0.5) is 0 Å². The summed E-state index contributed by atoms with van der Waals surface area (Å²) in [5.41, 5.74) is 0. The van der Waals surface area contributed by atoms with Crippen molar-refractivity contribution in [1.29, 1.82) is 0 Å². The molecule has 2 aliphatic rings. The second-order valence-corrected chi connectivity index (χ2v) is 4.65. The van der Waals surface area contributed by atoms with Gasteiger partial charge in [0.25, 0.3) is 0 Å². The number of nitrogens with one attached hydrogen (secondary N) is 2. The van der Waals surface area contributed by atoms with Gasteiger partial charge in [-0.2, -0.15) is 0 Å². The van der Waals surface area contributed by atoms with Crippen LogP contribution in [0, 0.1) is 0 Å². The van der Waals surface area contributed by atoms with Crippen molar-refractivity contribution in [1.82, 2.24) is 15.5 Å². The quantitative estimate of drug-likeness (QED) is 0.557. The normalized spacial score (nSPS) is 31.1. The van der Waals surface area contributed by atoms with E-state index >= 15 is 0 Å². The van der Waals surface area contributed by atoms with Gasteiger partial charge in [0.1, 0.15) is 7.85 Å². The van der Waals surface area contributed by atoms with Gasteiger partial charge in [-0.1, -0.05) is 0 Å². The van der Waals surface area contributed by atoms with Crippen molar-refractivity contribution in [2.24, 2.45) is 0 Å². The van der Waals surface area contributed by atoms with Crippen LogP contribution in [0.1, 0.15) is 19.3 Å². The van der Waals surface area contributed by atoms with E-state index in [4.69, 9.17) is 0 Å². The Morgan fingerprint density at radius 2 is 2.40 bits per heavy atom. The van der Waals surface area contributed by atoms with Crippen molar-refractivity contribution in [3.63, 3.8) is 0 Å². The van der Waals surface area contributed by atoms with E-state index in [0.29, 0.717) is 18.5 Å². The molecule has 0 spiro atoms. The molecule has 5 heteroatoms. The molecule has 2 atom stereocenters. The van der Waals surface area contributed by atoms with E-state index in [1.54, 1.807) is 0 Å². The third-order valence-corrected chi connectivity index (χ3v) is 3.48. The third kappa shape index (κ3) is 2.72. The fraction of sp³-hybridized carbons (Fsp3) is 0.900. The second-order valence-electron chi connectivity index (χ2n) is 4.65. The van der Waals surface area contributed by atoms with E-state index in [-0.39, 0.29) is 5.91 Å². The first kappa shape index (κ1) is 11.0. The largest absolute Gasteiger partial charge is 0.347 e. The van der Waals surface area contributed by atoms with E-state index in [1.165, 1.54) is 0 Å². The van der Waals surface area contributed by atoms with E-state index in [0.717, 1.165) is 38.9 Å². The van der Waals surface area contributed by atoms with Gasteiger partial charge in [-0.3, -0.25) is 4.79 Å². The van der Waals surface area contributed by atoms with Gasteiger partial charge >= 0.3 is 0 Å². The lowest BCUT2D eigenvalue weighted by Crippen LogP contribution is -2.44. The van der Waals surface area contributed by atoms with Crippen molar-refractivity contribution in [2.45, 2.75) is 31.2 Å². The zero-order valence-electron chi connectivity index (χ0n) is 9.46. The molecule has 0 bridgehead atoms. The maximum absolute atomic E-state index is 11.9. The molecule has 1 amide bonds. The first-order valence-electron chi connectivity index (χ1n) is 6.01. The monoisotopic (exact) mass is 209 g/mol. The highest BCUT2D eigenvalue weighted by Crippen LogP contribution is 2.13. The summed E-state index contributed by atoms with van der Waals surface area (Å²) in [5.74, 6) is 0.716. The molecule has 0 saturated carbocycles. The van der Waals surface area contributed by atoms with Gasteiger partial charge in [-0.15, -0.1) is 0 Å². The second kappa shape index (κ2) is 4.99. The zero-order chi connectivity index (χ0) is 10.7. The summed E-state index contributed by atoms with van der Waals surface area (Å²) in [6, 6.07) is 0.492. The van der Waals surface area contributed by atoms with Gasteiger partial charge < -0.3 is 15.5 Å². The molecule has 0 aromatic heterocycles. The smallest absolute Gasteiger partial charge is 0.236 e. The molecule has 2 saturated heterocycles. The minimum atomic E-state index is 0.270. The molecule has 4 nitrogen and oxygen atoms in total. The van der Waals surface area contributed by atoms with E-state index in [1.807, 2.05) is 4.90 Å². The van der Waals surface area contributed by atoms with Crippen LogP contribution in [0.5, 0.6) is 0 Å². The van der Waals surface area contributed by atoms with Crippen LogP contribution in [-0.4, -0.2) is 56.8 Å². The molecular formula is C10H20BN3O. The van der Waals surface area contributed by atoms with Crippen molar-refractivity contribution in [3.05, 3.63) is 0 Å². The number of hydrogen-bond donors (Lipinski definition) is 2. The molecule has 15 heavy (non-hydrogen) atoms. The summed E-state index contributed by atoms with van der Waals surface area (Å²) in [6.45, 7) is 3.54. The summed E-state index contributed by atoms with van der Waals surface area (Å²) in [7, 11) is 2.14. The third-order valence-electron chi connectivity index (χ3n) is 3.48. The Balaban J connectivity index is 1.71. The average Bonchev–Trinajstić information content (AvgIpc) is 2.84. The number of amides is 1. The van der Waals surface area contributed by atoms with Gasteiger partial charge in [-0.25, -0.2) is 0 Å². The van der Waals surface area contributed by atoms with Gasteiger partial charge in [-0.05, 0) is 31.7 Å². The van der Waals surface area contributed by atoms with Crippen molar-refractivity contribution < 1.29 is 4.79 Å².